The molecule has 0 aromatic carbocycles. The Balaban J connectivity index is 1.97. The third-order valence-corrected chi connectivity index (χ3v) is 3.79. The lowest BCUT2D eigenvalue weighted by Crippen LogP contribution is -2.34. The van der Waals surface area contributed by atoms with Crippen LogP contribution in [0.15, 0.2) is 18.5 Å². The Labute approximate surface area is 111 Å². The Morgan fingerprint density at radius 2 is 1.89 bits per heavy atom. The first-order valence-corrected chi connectivity index (χ1v) is 6.80. The van der Waals surface area contributed by atoms with Crippen LogP contribution < -0.4 is 10.2 Å². The summed E-state index contributed by atoms with van der Waals surface area (Å²) >= 11 is 0. The summed E-state index contributed by atoms with van der Waals surface area (Å²) in [6.07, 6.45) is 7.42. The molecule has 0 spiro atoms. The number of aromatic nitrogens is 1. The van der Waals surface area contributed by atoms with E-state index in [-0.39, 0.29) is 11.9 Å². The first kappa shape index (κ1) is 14.2. The monoisotopic (exact) mass is 272 g/mol. The molecular weight excluding hydrogens is 254 g/mol. The van der Waals surface area contributed by atoms with Gasteiger partial charge in [-0.05, 0) is 37.7 Å². The molecule has 1 heterocycles. The molecular formula is C13H18BF3NO-. The van der Waals surface area contributed by atoms with Crippen molar-refractivity contribution < 1.29 is 17.7 Å². The zero-order chi connectivity index (χ0) is 13.9. The van der Waals surface area contributed by atoms with Crippen molar-refractivity contribution in [3.05, 3.63) is 18.5 Å². The minimum atomic E-state index is -5.01. The van der Waals surface area contributed by atoms with E-state index in [4.69, 9.17) is 4.74 Å². The zero-order valence-corrected chi connectivity index (χ0v) is 11.0. The molecule has 0 unspecified atom stereocenters. The molecule has 1 aromatic heterocycles. The highest BCUT2D eigenvalue weighted by Crippen LogP contribution is 2.29. The smallest absolute Gasteiger partial charge is 0.489 e. The van der Waals surface area contributed by atoms with Crippen molar-refractivity contribution in [1.29, 1.82) is 0 Å². The molecule has 0 atom stereocenters. The Morgan fingerprint density at radius 3 is 2.47 bits per heavy atom. The van der Waals surface area contributed by atoms with Gasteiger partial charge < -0.3 is 17.7 Å². The zero-order valence-electron chi connectivity index (χ0n) is 11.0. The van der Waals surface area contributed by atoms with Crippen molar-refractivity contribution in [2.24, 2.45) is 5.92 Å². The van der Waals surface area contributed by atoms with Crippen molar-refractivity contribution in [3.63, 3.8) is 0 Å². The Kier molecular flexibility index (Phi) is 4.37. The minimum Gasteiger partial charge on any atom is -0.489 e. The second-order valence-electron chi connectivity index (χ2n) is 5.20. The molecule has 2 rings (SSSR count). The van der Waals surface area contributed by atoms with Crippen LogP contribution >= 0.6 is 0 Å². The third kappa shape index (κ3) is 3.88. The molecule has 2 nitrogen and oxygen atoms in total. The molecule has 19 heavy (non-hydrogen) atoms. The highest BCUT2D eigenvalue weighted by atomic mass is 19.4. The van der Waals surface area contributed by atoms with E-state index in [0.29, 0.717) is 0 Å². The van der Waals surface area contributed by atoms with Gasteiger partial charge in [0.1, 0.15) is 5.75 Å². The molecule has 1 aliphatic rings. The lowest BCUT2D eigenvalue weighted by atomic mass is 9.81. The fourth-order valence-corrected chi connectivity index (χ4v) is 2.53. The van der Waals surface area contributed by atoms with Crippen molar-refractivity contribution in [3.8, 4) is 5.75 Å². The number of hydrogen-bond acceptors (Lipinski definition) is 2. The van der Waals surface area contributed by atoms with E-state index < -0.39 is 12.4 Å². The molecule has 106 valence electrons. The van der Waals surface area contributed by atoms with E-state index in [1.807, 2.05) is 0 Å². The highest BCUT2D eigenvalue weighted by molar-refractivity contribution is 6.73. The molecule has 1 saturated carbocycles. The maximum absolute atomic E-state index is 12.6. The number of hydrogen-bond donors (Lipinski definition) is 0. The van der Waals surface area contributed by atoms with E-state index in [0.717, 1.165) is 43.9 Å². The molecule has 1 aromatic rings. The van der Waals surface area contributed by atoms with Gasteiger partial charge in [-0.3, -0.25) is 4.98 Å². The summed E-state index contributed by atoms with van der Waals surface area (Å²) in [5.41, 5.74) is -0.695. The fraction of sp³-hybridized carbons (Fsp3) is 0.615. The topological polar surface area (TPSA) is 22.1 Å². The normalized spacial score (nSPS) is 24.2. The van der Waals surface area contributed by atoms with Gasteiger partial charge >= 0.3 is 6.98 Å². The Morgan fingerprint density at radius 1 is 1.21 bits per heavy atom. The fourth-order valence-electron chi connectivity index (χ4n) is 2.53. The predicted octanol–water partition coefficient (Wildman–Crippen LogP) is 3.48. The molecule has 0 bridgehead atoms. The van der Waals surface area contributed by atoms with E-state index >= 15 is 0 Å². The van der Waals surface area contributed by atoms with Gasteiger partial charge in [-0.1, -0.05) is 18.8 Å². The van der Waals surface area contributed by atoms with Gasteiger partial charge in [-0.15, -0.1) is 0 Å². The van der Waals surface area contributed by atoms with Crippen LogP contribution in [0.2, 0.25) is 0 Å². The van der Waals surface area contributed by atoms with Crippen LogP contribution in [-0.2, 0) is 0 Å². The summed E-state index contributed by atoms with van der Waals surface area (Å²) in [6, 6.07) is 1.05. The largest absolute Gasteiger partial charge is 0.511 e. The Hall–Kier alpha value is -1.20. The summed E-state index contributed by atoms with van der Waals surface area (Å²) in [5, 5.41) is 0. The first-order valence-electron chi connectivity index (χ1n) is 6.80. The minimum absolute atomic E-state index is 0.0283. The average Bonchev–Trinajstić information content (AvgIpc) is 2.39. The van der Waals surface area contributed by atoms with Gasteiger partial charge in [0.05, 0.1) is 12.3 Å². The van der Waals surface area contributed by atoms with E-state index in [9.17, 15) is 12.9 Å². The summed E-state index contributed by atoms with van der Waals surface area (Å²) in [7, 11) is 0. The van der Waals surface area contributed by atoms with Crippen LogP contribution in [0.5, 0.6) is 5.75 Å². The van der Waals surface area contributed by atoms with E-state index in [1.165, 1.54) is 12.6 Å². The number of pyridine rings is 1. The quantitative estimate of drug-likeness (QED) is 0.783. The van der Waals surface area contributed by atoms with Crippen LogP contribution in [0.3, 0.4) is 0 Å². The van der Waals surface area contributed by atoms with Crippen LogP contribution in [0.4, 0.5) is 12.9 Å². The van der Waals surface area contributed by atoms with Crippen LogP contribution in [0, 0.1) is 5.92 Å². The average molecular weight is 272 g/mol. The van der Waals surface area contributed by atoms with Crippen LogP contribution in [-0.4, -0.2) is 18.1 Å². The van der Waals surface area contributed by atoms with Gasteiger partial charge in [0.15, 0.2) is 0 Å². The lowest BCUT2D eigenvalue weighted by molar-refractivity contribution is 0.129. The predicted molar refractivity (Wildman–Crippen MR) is 69.6 cm³/mol. The highest BCUT2D eigenvalue weighted by Gasteiger charge is 2.27. The molecule has 0 saturated heterocycles. The summed E-state index contributed by atoms with van der Waals surface area (Å²) in [4.78, 5) is 3.62. The van der Waals surface area contributed by atoms with Gasteiger partial charge in [0.2, 0.25) is 0 Å². The maximum Gasteiger partial charge on any atom is 0.511 e. The summed E-state index contributed by atoms with van der Waals surface area (Å²) in [5.74, 6) is 0.972. The van der Waals surface area contributed by atoms with Crippen molar-refractivity contribution in [2.75, 3.05) is 0 Å². The number of nitrogens with zero attached hydrogens (tertiary/aromatic N) is 1. The molecule has 1 fully saturated rings. The second kappa shape index (κ2) is 5.84. The van der Waals surface area contributed by atoms with Gasteiger partial charge in [-0.25, -0.2) is 0 Å². The van der Waals surface area contributed by atoms with Gasteiger partial charge in [0, 0.05) is 6.20 Å². The summed E-state index contributed by atoms with van der Waals surface area (Å²) < 4.78 is 43.5. The molecule has 6 heteroatoms. The molecule has 0 amide bonds. The number of ether oxygens (including phenoxy) is 1. The molecule has 1 aliphatic carbocycles. The van der Waals surface area contributed by atoms with Gasteiger partial charge in [0.25, 0.3) is 0 Å². The summed E-state index contributed by atoms with van der Waals surface area (Å²) in [6.45, 7) is -2.84. The van der Waals surface area contributed by atoms with E-state index in [1.54, 1.807) is 0 Å². The first-order chi connectivity index (χ1) is 8.99. The van der Waals surface area contributed by atoms with E-state index in [2.05, 4.69) is 11.9 Å². The molecule has 0 N–H and O–H groups in total. The second-order valence-corrected chi connectivity index (χ2v) is 5.20. The molecule has 0 radical (unpaired) electrons. The van der Waals surface area contributed by atoms with Crippen molar-refractivity contribution in [1.82, 2.24) is 4.98 Å². The number of halogens is 3. The van der Waals surface area contributed by atoms with Crippen molar-refractivity contribution in [2.45, 2.75) is 45.1 Å². The lowest BCUT2D eigenvalue weighted by Gasteiger charge is -2.28. The molecule has 0 aliphatic heterocycles. The standard InChI is InChI=1S/C13H18BF3NO/c1-2-10-3-5-12(6-4-10)19-13-7-11(8-18-9-13)14(15,16)17/h7-10,12H,2-6H2,1H3/q-1. The van der Waals surface area contributed by atoms with Crippen LogP contribution in [0.1, 0.15) is 39.0 Å². The number of rotatable bonds is 4. The Bertz CT molecular complexity index is 417. The van der Waals surface area contributed by atoms with Gasteiger partial charge in [-0.2, -0.15) is 0 Å². The SMILES string of the molecule is CCC1CCC(Oc2cncc([B-](F)(F)F)c2)CC1. The van der Waals surface area contributed by atoms with Crippen molar-refractivity contribution >= 4 is 12.4 Å². The van der Waals surface area contributed by atoms with Crippen LogP contribution in [0.25, 0.3) is 0 Å². The maximum atomic E-state index is 12.6. The third-order valence-electron chi connectivity index (χ3n) is 3.79.